The molecule has 1 fully saturated rings. The first-order chi connectivity index (χ1) is 14.3. The molecule has 2 aromatic carbocycles. The molecule has 0 aromatic heterocycles. The van der Waals surface area contributed by atoms with Gasteiger partial charge in [0, 0.05) is 45.2 Å². The summed E-state index contributed by atoms with van der Waals surface area (Å²) in [4.78, 5) is 25.7. The van der Waals surface area contributed by atoms with Crippen molar-refractivity contribution < 1.29 is 22.7 Å². The van der Waals surface area contributed by atoms with Crippen molar-refractivity contribution in [2.24, 2.45) is 0 Å². The molecule has 0 aliphatic carbocycles. The van der Waals surface area contributed by atoms with Gasteiger partial charge in [-0.3, -0.25) is 9.59 Å². The van der Waals surface area contributed by atoms with Crippen LogP contribution in [0, 0.1) is 0 Å². The standard InChI is InChI=1S/C21H25N3O5S/c1-16(25)29-19-5-3-4-18(14-19)21(26)22-15-17-6-8-20(9-7-17)30(27,28)24-12-10-23(2)11-13-24/h3-9,14H,10-13,15H2,1-2H3,(H,22,26). The summed E-state index contributed by atoms with van der Waals surface area (Å²) in [5.74, 6) is -0.481. The van der Waals surface area contributed by atoms with E-state index in [2.05, 4.69) is 10.2 Å². The first-order valence-corrected chi connectivity index (χ1v) is 11.0. The van der Waals surface area contributed by atoms with Gasteiger partial charge >= 0.3 is 5.97 Å². The molecule has 1 N–H and O–H groups in total. The highest BCUT2D eigenvalue weighted by atomic mass is 32.2. The van der Waals surface area contributed by atoms with Crippen LogP contribution in [0.3, 0.4) is 0 Å². The quantitative estimate of drug-likeness (QED) is 0.550. The number of likely N-dealkylation sites (N-methyl/N-ethyl adjacent to an activating group) is 1. The zero-order chi connectivity index (χ0) is 21.7. The van der Waals surface area contributed by atoms with Crippen LogP contribution in [0.15, 0.2) is 53.4 Å². The Morgan fingerprint density at radius 3 is 2.33 bits per heavy atom. The van der Waals surface area contributed by atoms with Gasteiger partial charge in [0.2, 0.25) is 10.0 Å². The number of piperazine rings is 1. The SMILES string of the molecule is CC(=O)Oc1cccc(C(=O)NCc2ccc(S(=O)(=O)N3CCN(C)CC3)cc2)c1. The molecule has 8 nitrogen and oxygen atoms in total. The maximum Gasteiger partial charge on any atom is 0.308 e. The highest BCUT2D eigenvalue weighted by Crippen LogP contribution is 2.18. The lowest BCUT2D eigenvalue weighted by molar-refractivity contribution is -0.131. The number of amides is 1. The molecule has 0 spiro atoms. The van der Waals surface area contributed by atoms with Crippen molar-refractivity contribution in [1.82, 2.24) is 14.5 Å². The molecule has 160 valence electrons. The van der Waals surface area contributed by atoms with Crippen LogP contribution in [0.25, 0.3) is 0 Å². The summed E-state index contributed by atoms with van der Waals surface area (Å²) in [6.07, 6.45) is 0. The maximum atomic E-state index is 12.8. The second-order valence-corrected chi connectivity index (χ2v) is 9.09. The van der Waals surface area contributed by atoms with Gasteiger partial charge in [-0.1, -0.05) is 18.2 Å². The van der Waals surface area contributed by atoms with Gasteiger partial charge in [0.15, 0.2) is 0 Å². The molecule has 2 aromatic rings. The van der Waals surface area contributed by atoms with Crippen molar-refractivity contribution in [1.29, 1.82) is 0 Å². The average Bonchev–Trinajstić information content (AvgIpc) is 2.72. The monoisotopic (exact) mass is 431 g/mol. The predicted molar refractivity (Wildman–Crippen MR) is 112 cm³/mol. The zero-order valence-corrected chi connectivity index (χ0v) is 17.8. The number of sulfonamides is 1. The Kier molecular flexibility index (Phi) is 6.86. The van der Waals surface area contributed by atoms with Crippen LogP contribution in [0.2, 0.25) is 0 Å². The molecule has 9 heteroatoms. The number of nitrogens with zero attached hydrogens (tertiary/aromatic N) is 2. The molecule has 1 amide bonds. The van der Waals surface area contributed by atoms with Crippen LogP contribution in [0.4, 0.5) is 0 Å². The fourth-order valence-electron chi connectivity index (χ4n) is 3.11. The van der Waals surface area contributed by atoms with E-state index in [4.69, 9.17) is 4.74 Å². The van der Waals surface area contributed by atoms with Gasteiger partial charge in [0.05, 0.1) is 4.90 Å². The summed E-state index contributed by atoms with van der Waals surface area (Å²) >= 11 is 0. The summed E-state index contributed by atoms with van der Waals surface area (Å²) in [5.41, 5.74) is 1.14. The molecular weight excluding hydrogens is 406 g/mol. The molecule has 0 radical (unpaired) electrons. The fraction of sp³-hybridized carbons (Fsp3) is 0.333. The van der Waals surface area contributed by atoms with Crippen LogP contribution in [-0.2, 0) is 21.4 Å². The number of carbonyl (C=O) groups excluding carboxylic acids is 2. The lowest BCUT2D eigenvalue weighted by atomic mass is 10.2. The van der Waals surface area contributed by atoms with Crippen molar-refractivity contribution in [3.8, 4) is 5.75 Å². The molecule has 1 heterocycles. The van der Waals surface area contributed by atoms with Gasteiger partial charge in [-0.05, 0) is 42.9 Å². The molecule has 0 bridgehead atoms. The molecule has 3 rings (SSSR count). The van der Waals surface area contributed by atoms with Crippen molar-refractivity contribution in [3.05, 3.63) is 59.7 Å². The molecule has 0 atom stereocenters. The summed E-state index contributed by atoms with van der Waals surface area (Å²) < 4.78 is 32.0. The number of benzene rings is 2. The van der Waals surface area contributed by atoms with Gasteiger partial charge in [-0.15, -0.1) is 0 Å². The van der Waals surface area contributed by atoms with E-state index >= 15 is 0 Å². The lowest BCUT2D eigenvalue weighted by Gasteiger charge is -2.31. The molecule has 1 aliphatic rings. The highest BCUT2D eigenvalue weighted by molar-refractivity contribution is 7.89. The van der Waals surface area contributed by atoms with Crippen LogP contribution in [-0.4, -0.2) is 62.7 Å². The third-order valence-electron chi connectivity index (χ3n) is 4.83. The van der Waals surface area contributed by atoms with E-state index in [0.717, 1.165) is 5.56 Å². The Balaban J connectivity index is 1.61. The molecule has 1 aliphatic heterocycles. The number of hydrogen-bond acceptors (Lipinski definition) is 6. The first kappa shape index (κ1) is 21.9. The maximum absolute atomic E-state index is 12.8. The van der Waals surface area contributed by atoms with E-state index < -0.39 is 16.0 Å². The number of nitrogens with one attached hydrogen (secondary N) is 1. The first-order valence-electron chi connectivity index (χ1n) is 9.60. The van der Waals surface area contributed by atoms with Gasteiger partial charge in [-0.25, -0.2) is 8.42 Å². The second kappa shape index (κ2) is 9.38. The van der Waals surface area contributed by atoms with Gasteiger partial charge in [0.1, 0.15) is 5.75 Å². The Bertz CT molecular complexity index is 1010. The minimum absolute atomic E-state index is 0.242. The van der Waals surface area contributed by atoms with Crippen LogP contribution >= 0.6 is 0 Å². The van der Waals surface area contributed by atoms with E-state index in [1.54, 1.807) is 42.5 Å². The van der Waals surface area contributed by atoms with Crippen LogP contribution in [0.5, 0.6) is 5.75 Å². The van der Waals surface area contributed by atoms with E-state index in [1.165, 1.54) is 17.3 Å². The molecule has 0 saturated carbocycles. The summed E-state index contributed by atoms with van der Waals surface area (Å²) in [5, 5.41) is 2.78. The average molecular weight is 432 g/mol. The second-order valence-electron chi connectivity index (χ2n) is 7.16. The number of hydrogen-bond donors (Lipinski definition) is 1. The lowest BCUT2D eigenvalue weighted by Crippen LogP contribution is -2.47. The molecule has 1 saturated heterocycles. The molecule has 0 unspecified atom stereocenters. The van der Waals surface area contributed by atoms with Crippen molar-refractivity contribution >= 4 is 21.9 Å². The third-order valence-corrected chi connectivity index (χ3v) is 6.75. The topological polar surface area (TPSA) is 96.0 Å². The van der Waals surface area contributed by atoms with Gasteiger partial charge in [-0.2, -0.15) is 4.31 Å². The van der Waals surface area contributed by atoms with E-state index in [-0.39, 0.29) is 17.3 Å². The van der Waals surface area contributed by atoms with Crippen LogP contribution in [0.1, 0.15) is 22.8 Å². The Labute approximate surface area is 176 Å². The van der Waals surface area contributed by atoms with Gasteiger partial charge < -0.3 is 15.0 Å². The Morgan fingerprint density at radius 1 is 1.03 bits per heavy atom. The number of carbonyl (C=O) groups is 2. The molecule has 30 heavy (non-hydrogen) atoms. The predicted octanol–water partition coefficient (Wildman–Crippen LogP) is 1.48. The van der Waals surface area contributed by atoms with Gasteiger partial charge in [0.25, 0.3) is 5.91 Å². The van der Waals surface area contributed by atoms with E-state index in [9.17, 15) is 18.0 Å². The normalized spacial score (nSPS) is 15.5. The van der Waals surface area contributed by atoms with E-state index in [1.807, 2.05) is 7.05 Å². The smallest absolute Gasteiger partial charge is 0.308 e. The fourth-order valence-corrected chi connectivity index (χ4v) is 4.53. The number of rotatable bonds is 6. The highest BCUT2D eigenvalue weighted by Gasteiger charge is 2.27. The largest absolute Gasteiger partial charge is 0.427 e. The third kappa shape index (κ3) is 5.44. The summed E-state index contributed by atoms with van der Waals surface area (Å²) in [7, 11) is -1.54. The molecular formula is C21H25N3O5S. The Morgan fingerprint density at radius 2 is 1.70 bits per heavy atom. The summed E-state index contributed by atoms with van der Waals surface area (Å²) in [6.45, 7) is 3.90. The zero-order valence-electron chi connectivity index (χ0n) is 17.0. The van der Waals surface area contributed by atoms with Crippen molar-refractivity contribution in [2.45, 2.75) is 18.4 Å². The number of esters is 1. The minimum Gasteiger partial charge on any atom is -0.427 e. The number of ether oxygens (including phenoxy) is 1. The van der Waals surface area contributed by atoms with Crippen LogP contribution < -0.4 is 10.1 Å². The van der Waals surface area contributed by atoms with E-state index in [0.29, 0.717) is 37.5 Å². The van der Waals surface area contributed by atoms with Crippen molar-refractivity contribution in [3.63, 3.8) is 0 Å². The minimum atomic E-state index is -3.51. The Hall–Kier alpha value is -2.75. The summed E-state index contributed by atoms with van der Waals surface area (Å²) in [6, 6.07) is 12.9. The van der Waals surface area contributed by atoms with Crippen molar-refractivity contribution in [2.75, 3.05) is 33.2 Å².